The molecular formula is C26H27N3O3S. The summed E-state index contributed by atoms with van der Waals surface area (Å²) in [5.41, 5.74) is 3.44. The van der Waals surface area contributed by atoms with Crippen LogP contribution in [0, 0.1) is 6.92 Å². The standard InChI is InChI=1S/C26H27N3O3S/c1-19-25(22-15-9-10-16-23(22)29(19)2)33(31,32)18-17-27-26(30)28-24(20-11-5-3-6-12-20)21-13-7-4-8-14-21/h3-16,24H,17-18H2,1-2H3,(H2,27,28,30). The van der Waals surface area contributed by atoms with Gasteiger partial charge >= 0.3 is 6.03 Å². The number of aromatic nitrogens is 1. The van der Waals surface area contributed by atoms with Gasteiger partial charge in [0.1, 0.15) is 0 Å². The van der Waals surface area contributed by atoms with E-state index in [1.165, 1.54) is 0 Å². The van der Waals surface area contributed by atoms with E-state index in [1.54, 1.807) is 6.92 Å². The summed E-state index contributed by atoms with van der Waals surface area (Å²) in [6, 6.07) is 26.0. The molecule has 0 bridgehead atoms. The lowest BCUT2D eigenvalue weighted by atomic mass is 9.99. The number of fused-ring (bicyclic) bond motifs is 1. The number of nitrogens with one attached hydrogen (secondary N) is 2. The van der Waals surface area contributed by atoms with Gasteiger partial charge in [-0.05, 0) is 24.1 Å². The van der Waals surface area contributed by atoms with Gasteiger partial charge in [0.2, 0.25) is 0 Å². The average molecular weight is 462 g/mol. The molecule has 0 saturated carbocycles. The Hall–Kier alpha value is -3.58. The van der Waals surface area contributed by atoms with Crippen molar-refractivity contribution in [3.8, 4) is 0 Å². The molecule has 170 valence electrons. The van der Waals surface area contributed by atoms with Gasteiger partial charge in [-0.25, -0.2) is 13.2 Å². The van der Waals surface area contributed by atoms with E-state index in [0.717, 1.165) is 16.6 Å². The first kappa shape index (κ1) is 22.6. The molecule has 4 aromatic rings. The van der Waals surface area contributed by atoms with E-state index in [9.17, 15) is 13.2 Å². The van der Waals surface area contributed by atoms with E-state index in [4.69, 9.17) is 0 Å². The number of rotatable bonds is 7. The lowest BCUT2D eigenvalue weighted by Crippen LogP contribution is -2.40. The fraction of sp³-hybridized carbons (Fsp3) is 0.192. The van der Waals surface area contributed by atoms with E-state index < -0.39 is 15.9 Å². The number of hydrogen-bond acceptors (Lipinski definition) is 3. The first-order valence-corrected chi connectivity index (χ1v) is 12.4. The van der Waals surface area contributed by atoms with Gasteiger partial charge in [-0.1, -0.05) is 78.9 Å². The number of carbonyl (C=O) groups excluding carboxylic acids is 1. The quantitative estimate of drug-likeness (QED) is 0.429. The Kier molecular flexibility index (Phi) is 6.51. The zero-order chi connectivity index (χ0) is 23.4. The lowest BCUT2D eigenvalue weighted by Gasteiger charge is -2.20. The number of sulfone groups is 1. The number of benzene rings is 3. The fourth-order valence-corrected chi connectivity index (χ4v) is 5.78. The SMILES string of the molecule is Cc1c(S(=O)(=O)CCNC(=O)NC(c2ccccc2)c2ccccc2)c2ccccc2n1C. The summed E-state index contributed by atoms with van der Waals surface area (Å²) in [7, 11) is -1.73. The van der Waals surface area contributed by atoms with Crippen LogP contribution in [0.4, 0.5) is 4.79 Å². The lowest BCUT2D eigenvalue weighted by molar-refractivity contribution is 0.239. The van der Waals surface area contributed by atoms with Crippen LogP contribution in [0.3, 0.4) is 0 Å². The van der Waals surface area contributed by atoms with E-state index in [-0.39, 0.29) is 18.3 Å². The first-order valence-electron chi connectivity index (χ1n) is 10.8. The van der Waals surface area contributed by atoms with Crippen LogP contribution in [0.25, 0.3) is 10.9 Å². The number of carbonyl (C=O) groups is 1. The van der Waals surface area contributed by atoms with Crippen molar-refractivity contribution < 1.29 is 13.2 Å². The van der Waals surface area contributed by atoms with Crippen molar-refractivity contribution >= 4 is 26.8 Å². The van der Waals surface area contributed by atoms with Crippen molar-refractivity contribution in [1.82, 2.24) is 15.2 Å². The molecule has 6 nitrogen and oxygen atoms in total. The predicted octanol–water partition coefficient (Wildman–Crippen LogP) is 4.35. The first-order chi connectivity index (χ1) is 15.9. The zero-order valence-corrected chi connectivity index (χ0v) is 19.5. The summed E-state index contributed by atoms with van der Waals surface area (Å²) in [5, 5.41) is 6.39. The normalized spacial score (nSPS) is 11.6. The maximum absolute atomic E-state index is 13.1. The summed E-state index contributed by atoms with van der Waals surface area (Å²) >= 11 is 0. The number of nitrogens with zero attached hydrogens (tertiary/aromatic N) is 1. The second-order valence-corrected chi connectivity index (χ2v) is 10.0. The number of hydrogen-bond donors (Lipinski definition) is 2. The molecule has 1 aromatic heterocycles. The second kappa shape index (κ2) is 9.50. The molecule has 2 amide bonds. The third-order valence-corrected chi connectivity index (χ3v) is 7.73. The Morgan fingerprint density at radius 2 is 1.42 bits per heavy atom. The van der Waals surface area contributed by atoms with Crippen molar-refractivity contribution in [1.29, 1.82) is 0 Å². The molecule has 3 aromatic carbocycles. The third-order valence-electron chi connectivity index (χ3n) is 5.85. The molecule has 0 radical (unpaired) electrons. The summed E-state index contributed by atoms with van der Waals surface area (Å²) in [4.78, 5) is 13.0. The Labute approximate surface area is 194 Å². The van der Waals surface area contributed by atoms with Gasteiger partial charge in [0.15, 0.2) is 9.84 Å². The van der Waals surface area contributed by atoms with Crippen LogP contribution >= 0.6 is 0 Å². The Morgan fingerprint density at radius 3 is 2.03 bits per heavy atom. The van der Waals surface area contributed by atoms with Gasteiger partial charge in [-0.2, -0.15) is 0 Å². The molecule has 0 fully saturated rings. The van der Waals surface area contributed by atoms with Crippen molar-refractivity contribution in [3.05, 3.63) is 102 Å². The highest BCUT2D eigenvalue weighted by molar-refractivity contribution is 7.91. The summed E-state index contributed by atoms with van der Waals surface area (Å²) < 4.78 is 28.2. The highest BCUT2D eigenvalue weighted by Crippen LogP contribution is 2.29. The van der Waals surface area contributed by atoms with Crippen molar-refractivity contribution in [3.63, 3.8) is 0 Å². The monoisotopic (exact) mass is 461 g/mol. The molecule has 0 saturated heterocycles. The highest BCUT2D eigenvalue weighted by atomic mass is 32.2. The smallest absolute Gasteiger partial charge is 0.315 e. The van der Waals surface area contributed by atoms with Crippen molar-refractivity contribution in [2.45, 2.75) is 17.9 Å². The predicted molar refractivity (Wildman–Crippen MR) is 131 cm³/mol. The molecule has 0 aliphatic carbocycles. The zero-order valence-electron chi connectivity index (χ0n) is 18.7. The fourth-order valence-electron chi connectivity index (χ4n) is 4.11. The molecule has 33 heavy (non-hydrogen) atoms. The van der Waals surface area contributed by atoms with Gasteiger partial charge in [0.05, 0.1) is 16.7 Å². The van der Waals surface area contributed by atoms with Gasteiger partial charge in [-0.3, -0.25) is 0 Å². The molecule has 4 rings (SSSR count). The minimum Gasteiger partial charge on any atom is -0.347 e. The maximum atomic E-state index is 13.1. The Morgan fingerprint density at radius 1 is 0.879 bits per heavy atom. The number of aryl methyl sites for hydroxylation is 1. The van der Waals surface area contributed by atoms with Crippen LogP contribution in [0.5, 0.6) is 0 Å². The minimum absolute atomic E-state index is 0.00707. The van der Waals surface area contributed by atoms with Crippen LogP contribution in [-0.4, -0.2) is 31.3 Å². The van der Waals surface area contributed by atoms with Crippen LogP contribution < -0.4 is 10.6 Å². The molecule has 1 heterocycles. The van der Waals surface area contributed by atoms with Crippen molar-refractivity contribution in [2.75, 3.05) is 12.3 Å². The Balaban J connectivity index is 1.46. The number of para-hydroxylation sites is 1. The molecule has 0 unspecified atom stereocenters. The largest absolute Gasteiger partial charge is 0.347 e. The molecule has 0 spiro atoms. The van der Waals surface area contributed by atoms with Crippen LogP contribution in [0.15, 0.2) is 89.8 Å². The van der Waals surface area contributed by atoms with E-state index in [0.29, 0.717) is 16.0 Å². The molecule has 0 atom stereocenters. The summed E-state index contributed by atoms with van der Waals surface area (Å²) in [6.45, 7) is 1.81. The van der Waals surface area contributed by atoms with Gasteiger partial charge < -0.3 is 15.2 Å². The highest BCUT2D eigenvalue weighted by Gasteiger charge is 2.24. The second-order valence-electron chi connectivity index (χ2n) is 7.96. The number of amides is 2. The van der Waals surface area contributed by atoms with E-state index >= 15 is 0 Å². The molecule has 7 heteroatoms. The van der Waals surface area contributed by atoms with Gasteiger partial charge in [0.25, 0.3) is 0 Å². The van der Waals surface area contributed by atoms with E-state index in [1.807, 2.05) is 96.5 Å². The molecular weight excluding hydrogens is 434 g/mol. The topological polar surface area (TPSA) is 80.2 Å². The van der Waals surface area contributed by atoms with Gasteiger partial charge in [-0.15, -0.1) is 0 Å². The summed E-state index contributed by atoms with van der Waals surface area (Å²) in [5.74, 6) is -0.184. The van der Waals surface area contributed by atoms with Crippen molar-refractivity contribution in [2.24, 2.45) is 7.05 Å². The maximum Gasteiger partial charge on any atom is 0.315 e. The van der Waals surface area contributed by atoms with Crippen LogP contribution in [-0.2, 0) is 16.9 Å². The molecule has 2 N–H and O–H groups in total. The van der Waals surface area contributed by atoms with Gasteiger partial charge in [0, 0.05) is 30.2 Å². The minimum atomic E-state index is -3.59. The number of urea groups is 1. The average Bonchev–Trinajstić information content (AvgIpc) is 3.09. The Bertz CT molecular complexity index is 1320. The van der Waals surface area contributed by atoms with Crippen LogP contribution in [0.1, 0.15) is 22.9 Å². The third kappa shape index (κ3) is 4.78. The summed E-state index contributed by atoms with van der Waals surface area (Å²) in [6.07, 6.45) is 0. The molecule has 0 aliphatic rings. The molecule has 0 aliphatic heterocycles. The van der Waals surface area contributed by atoms with E-state index in [2.05, 4.69) is 10.6 Å². The van der Waals surface area contributed by atoms with Crippen LogP contribution in [0.2, 0.25) is 0 Å².